The third-order valence-electron chi connectivity index (χ3n) is 2.77. The van der Waals surface area contributed by atoms with Gasteiger partial charge in [0.05, 0.1) is 5.56 Å². The molecule has 0 radical (unpaired) electrons. The van der Waals surface area contributed by atoms with E-state index < -0.39 is 30.2 Å². The van der Waals surface area contributed by atoms with Crippen LogP contribution in [0.3, 0.4) is 0 Å². The number of nitrogens with one attached hydrogen (secondary N) is 2. The van der Waals surface area contributed by atoms with E-state index in [1.165, 1.54) is 12.1 Å². The molecular formula is C16H13FN2O4. The number of ether oxygens (including phenoxy) is 1. The molecule has 2 rings (SSSR count). The van der Waals surface area contributed by atoms with Crippen LogP contribution >= 0.6 is 0 Å². The van der Waals surface area contributed by atoms with Crippen molar-refractivity contribution in [3.63, 3.8) is 0 Å². The van der Waals surface area contributed by atoms with Gasteiger partial charge in [0.25, 0.3) is 11.8 Å². The molecule has 0 atom stereocenters. The van der Waals surface area contributed by atoms with Crippen LogP contribution in [0.4, 0.5) is 4.39 Å². The standard InChI is InChI=1S/C16H13FN2O4/c17-13-8-6-12(7-9-13)16(22)23-10-14(20)18-19-15(21)11-4-2-1-3-5-11/h1-9H,10H2,(H,18,20)(H,19,21). The van der Waals surface area contributed by atoms with Crippen LogP contribution in [0.2, 0.25) is 0 Å². The van der Waals surface area contributed by atoms with Gasteiger partial charge in [-0.1, -0.05) is 18.2 Å². The average molecular weight is 316 g/mol. The van der Waals surface area contributed by atoms with E-state index in [0.717, 1.165) is 12.1 Å². The molecule has 7 heteroatoms. The summed E-state index contributed by atoms with van der Waals surface area (Å²) in [4.78, 5) is 34.8. The van der Waals surface area contributed by atoms with E-state index in [0.29, 0.717) is 5.56 Å². The van der Waals surface area contributed by atoms with Gasteiger partial charge in [0.15, 0.2) is 6.61 Å². The van der Waals surface area contributed by atoms with Crippen LogP contribution in [0.5, 0.6) is 0 Å². The Morgan fingerprint density at radius 3 is 2.17 bits per heavy atom. The van der Waals surface area contributed by atoms with Crippen molar-refractivity contribution in [1.29, 1.82) is 0 Å². The first-order valence-corrected chi connectivity index (χ1v) is 6.63. The summed E-state index contributed by atoms with van der Waals surface area (Å²) in [5, 5.41) is 0. The van der Waals surface area contributed by atoms with Crippen molar-refractivity contribution >= 4 is 17.8 Å². The maximum Gasteiger partial charge on any atom is 0.338 e. The van der Waals surface area contributed by atoms with E-state index >= 15 is 0 Å². The van der Waals surface area contributed by atoms with Crippen molar-refractivity contribution in [2.75, 3.05) is 6.61 Å². The van der Waals surface area contributed by atoms with Gasteiger partial charge < -0.3 is 4.74 Å². The van der Waals surface area contributed by atoms with Gasteiger partial charge in [-0.3, -0.25) is 20.4 Å². The number of esters is 1. The first-order valence-electron chi connectivity index (χ1n) is 6.63. The summed E-state index contributed by atoms with van der Waals surface area (Å²) in [6.07, 6.45) is 0. The molecule has 0 bridgehead atoms. The monoisotopic (exact) mass is 316 g/mol. The Morgan fingerprint density at radius 2 is 1.52 bits per heavy atom. The van der Waals surface area contributed by atoms with Gasteiger partial charge in [0, 0.05) is 5.56 Å². The van der Waals surface area contributed by atoms with Gasteiger partial charge in [-0.2, -0.15) is 0 Å². The normalized spacial score (nSPS) is 9.78. The summed E-state index contributed by atoms with van der Waals surface area (Å²) in [7, 11) is 0. The summed E-state index contributed by atoms with van der Waals surface area (Å²) in [5.41, 5.74) is 4.80. The highest BCUT2D eigenvalue weighted by molar-refractivity contribution is 5.96. The zero-order valence-electron chi connectivity index (χ0n) is 11.9. The topological polar surface area (TPSA) is 84.5 Å². The van der Waals surface area contributed by atoms with Crippen molar-refractivity contribution in [3.05, 3.63) is 71.5 Å². The van der Waals surface area contributed by atoms with E-state index in [-0.39, 0.29) is 5.56 Å². The van der Waals surface area contributed by atoms with Gasteiger partial charge in [-0.25, -0.2) is 9.18 Å². The smallest absolute Gasteiger partial charge is 0.338 e. The Labute approximate surface area is 131 Å². The summed E-state index contributed by atoms with van der Waals surface area (Å²) in [6.45, 7) is -0.578. The second-order valence-electron chi connectivity index (χ2n) is 4.45. The number of halogens is 1. The van der Waals surface area contributed by atoms with E-state index in [4.69, 9.17) is 4.74 Å². The van der Waals surface area contributed by atoms with Gasteiger partial charge in [0.2, 0.25) is 0 Å². The number of carbonyl (C=O) groups is 3. The molecule has 0 saturated carbocycles. The number of carbonyl (C=O) groups excluding carboxylic acids is 3. The highest BCUT2D eigenvalue weighted by atomic mass is 19.1. The van der Waals surface area contributed by atoms with Crippen LogP contribution in [-0.4, -0.2) is 24.4 Å². The minimum Gasteiger partial charge on any atom is -0.452 e. The number of amides is 2. The molecule has 23 heavy (non-hydrogen) atoms. The molecule has 6 nitrogen and oxygen atoms in total. The molecule has 0 aliphatic heterocycles. The summed E-state index contributed by atoms with van der Waals surface area (Å²) in [5.74, 6) is -2.45. The molecule has 118 valence electrons. The SMILES string of the molecule is O=C(COC(=O)c1ccc(F)cc1)NNC(=O)c1ccccc1. The lowest BCUT2D eigenvalue weighted by molar-refractivity contribution is -0.125. The fraction of sp³-hybridized carbons (Fsp3) is 0.0625. The molecule has 2 aromatic rings. The molecule has 0 unspecified atom stereocenters. The number of hydrogen-bond donors (Lipinski definition) is 2. The van der Waals surface area contributed by atoms with E-state index in [9.17, 15) is 18.8 Å². The maximum absolute atomic E-state index is 12.7. The number of benzene rings is 2. The molecule has 0 aliphatic rings. The largest absolute Gasteiger partial charge is 0.452 e. The van der Waals surface area contributed by atoms with Crippen LogP contribution in [0.15, 0.2) is 54.6 Å². The first kappa shape index (κ1) is 16.2. The van der Waals surface area contributed by atoms with Crippen LogP contribution in [0.1, 0.15) is 20.7 Å². The molecule has 0 heterocycles. The van der Waals surface area contributed by atoms with Crippen molar-refractivity contribution < 1.29 is 23.5 Å². The lowest BCUT2D eigenvalue weighted by atomic mass is 10.2. The molecule has 0 fully saturated rings. The zero-order valence-corrected chi connectivity index (χ0v) is 11.9. The van der Waals surface area contributed by atoms with Crippen LogP contribution in [-0.2, 0) is 9.53 Å². The lowest BCUT2D eigenvalue weighted by Gasteiger charge is -2.08. The van der Waals surface area contributed by atoms with Crippen LogP contribution in [0.25, 0.3) is 0 Å². The minimum atomic E-state index is -0.769. The fourth-order valence-electron chi connectivity index (χ4n) is 1.62. The molecule has 2 amide bonds. The number of hydrogen-bond acceptors (Lipinski definition) is 4. The van der Waals surface area contributed by atoms with E-state index in [1.54, 1.807) is 30.3 Å². The summed E-state index contributed by atoms with van der Waals surface area (Å²) in [6, 6.07) is 13.0. The Kier molecular flexibility index (Phi) is 5.40. The second kappa shape index (κ2) is 7.69. The van der Waals surface area contributed by atoms with Crippen LogP contribution < -0.4 is 10.9 Å². The van der Waals surface area contributed by atoms with E-state index in [1.807, 2.05) is 0 Å². The van der Waals surface area contributed by atoms with Crippen molar-refractivity contribution in [2.24, 2.45) is 0 Å². The molecule has 0 saturated heterocycles. The van der Waals surface area contributed by atoms with Crippen molar-refractivity contribution in [1.82, 2.24) is 10.9 Å². The van der Waals surface area contributed by atoms with Crippen LogP contribution in [0, 0.1) is 5.82 Å². The third-order valence-corrected chi connectivity index (χ3v) is 2.77. The summed E-state index contributed by atoms with van der Waals surface area (Å²) < 4.78 is 17.5. The highest BCUT2D eigenvalue weighted by Gasteiger charge is 2.11. The second-order valence-corrected chi connectivity index (χ2v) is 4.45. The minimum absolute atomic E-state index is 0.118. The number of rotatable bonds is 4. The third kappa shape index (κ3) is 4.92. The van der Waals surface area contributed by atoms with Gasteiger partial charge in [0.1, 0.15) is 5.82 Å². The molecular weight excluding hydrogens is 303 g/mol. The summed E-state index contributed by atoms with van der Waals surface area (Å²) >= 11 is 0. The zero-order chi connectivity index (χ0) is 16.7. The molecule has 2 aromatic carbocycles. The van der Waals surface area contributed by atoms with Crippen molar-refractivity contribution in [3.8, 4) is 0 Å². The Hall–Kier alpha value is -3.22. The Balaban J connectivity index is 1.76. The maximum atomic E-state index is 12.7. The van der Waals surface area contributed by atoms with Gasteiger partial charge >= 0.3 is 5.97 Å². The Morgan fingerprint density at radius 1 is 0.870 bits per heavy atom. The lowest BCUT2D eigenvalue weighted by Crippen LogP contribution is -2.43. The molecule has 0 aromatic heterocycles. The Bertz CT molecular complexity index is 702. The predicted molar refractivity (Wildman–Crippen MR) is 78.7 cm³/mol. The fourth-order valence-corrected chi connectivity index (χ4v) is 1.62. The highest BCUT2D eigenvalue weighted by Crippen LogP contribution is 2.04. The number of hydrazine groups is 1. The van der Waals surface area contributed by atoms with Gasteiger partial charge in [-0.05, 0) is 36.4 Å². The first-order chi connectivity index (χ1) is 11.1. The van der Waals surface area contributed by atoms with Gasteiger partial charge in [-0.15, -0.1) is 0 Å². The average Bonchev–Trinajstić information content (AvgIpc) is 2.59. The molecule has 2 N–H and O–H groups in total. The molecule has 0 spiro atoms. The van der Waals surface area contributed by atoms with Crippen molar-refractivity contribution in [2.45, 2.75) is 0 Å². The predicted octanol–water partition coefficient (Wildman–Crippen LogP) is 1.44. The quantitative estimate of drug-likeness (QED) is 0.660. The molecule has 0 aliphatic carbocycles. The van der Waals surface area contributed by atoms with E-state index in [2.05, 4.69) is 10.9 Å².